The van der Waals surface area contributed by atoms with E-state index in [2.05, 4.69) is 11.9 Å². The number of unbranched alkanes of at least 4 members (excludes halogenated alkanes) is 1. The van der Waals surface area contributed by atoms with E-state index in [4.69, 9.17) is 0 Å². The molecule has 0 saturated carbocycles. The third-order valence-corrected chi connectivity index (χ3v) is 3.46. The maximum atomic E-state index is 11.3. The third-order valence-electron chi connectivity index (χ3n) is 1.55. The van der Waals surface area contributed by atoms with Gasteiger partial charge in [0.1, 0.15) is 0 Å². The van der Waals surface area contributed by atoms with Crippen molar-refractivity contribution in [2.45, 2.75) is 26.2 Å². The number of hydrogen-bond acceptors (Lipinski definition) is 1. The van der Waals surface area contributed by atoms with Crippen molar-refractivity contribution in [3.05, 3.63) is 21.5 Å². The summed E-state index contributed by atoms with van der Waals surface area (Å²) in [5.74, 6) is 0.358. The second-order valence-electron chi connectivity index (χ2n) is 2.50. The summed E-state index contributed by atoms with van der Waals surface area (Å²) in [6.07, 6.45) is 2.89. The molecule has 2 heteroatoms. The van der Waals surface area contributed by atoms with E-state index in [1.807, 2.05) is 12.1 Å². The fourth-order valence-electron chi connectivity index (χ4n) is 0.898. The number of carbonyl (C=O) groups is 1. The van der Waals surface area contributed by atoms with Crippen LogP contribution in [0.5, 0.6) is 0 Å². The van der Waals surface area contributed by atoms with Crippen LogP contribution in [0, 0.1) is 0 Å². The van der Waals surface area contributed by atoms with E-state index in [-0.39, 0.29) is 0 Å². The van der Waals surface area contributed by atoms with Crippen molar-refractivity contribution < 1.29 is 4.79 Å². The van der Waals surface area contributed by atoms with Crippen molar-refractivity contribution in [1.82, 2.24) is 0 Å². The van der Waals surface area contributed by atoms with Crippen molar-refractivity contribution in [2.75, 3.05) is 0 Å². The summed E-state index contributed by atoms with van der Waals surface area (Å²) in [7, 11) is 0. The molecule has 0 aliphatic rings. The number of Topliss-reactive ketones (excluding diaryl/α,β-unsaturated/α-hetero) is 1. The second kappa shape index (κ2) is 4.53. The third kappa shape index (κ3) is 2.64. The van der Waals surface area contributed by atoms with E-state index >= 15 is 0 Å². The van der Waals surface area contributed by atoms with E-state index in [0.717, 1.165) is 23.7 Å². The van der Waals surface area contributed by atoms with Crippen molar-refractivity contribution in [3.63, 3.8) is 0 Å². The molecule has 0 spiro atoms. The standard InChI is InChI=1S/C9H12OSe/c1-2-3-5-8(10)9-6-4-7-11-9/h4,6-7H,2-3,5H2,1H3. The summed E-state index contributed by atoms with van der Waals surface area (Å²) in [5, 5.41) is 0. The molecule has 0 bridgehead atoms. The Labute approximate surface area is 73.2 Å². The van der Waals surface area contributed by atoms with Crippen molar-refractivity contribution in [2.24, 2.45) is 0 Å². The van der Waals surface area contributed by atoms with Gasteiger partial charge in [-0.15, -0.1) is 0 Å². The molecule has 1 rings (SSSR count). The fraction of sp³-hybridized carbons (Fsp3) is 0.444. The Balaban J connectivity index is 2.43. The van der Waals surface area contributed by atoms with Crippen LogP contribution in [0.15, 0.2) is 17.1 Å². The maximum absolute atomic E-state index is 11.3. The molecule has 0 saturated heterocycles. The minimum atomic E-state index is 0.338. The molecule has 0 aromatic carbocycles. The van der Waals surface area contributed by atoms with Crippen molar-refractivity contribution in [1.29, 1.82) is 0 Å². The molecule has 1 aromatic rings. The van der Waals surface area contributed by atoms with Gasteiger partial charge in [0.15, 0.2) is 0 Å². The van der Waals surface area contributed by atoms with Crippen LogP contribution in [0.4, 0.5) is 0 Å². The molecule has 0 N–H and O–H groups in total. The van der Waals surface area contributed by atoms with Gasteiger partial charge in [0.05, 0.1) is 0 Å². The van der Waals surface area contributed by atoms with Crippen LogP contribution in [0.2, 0.25) is 0 Å². The predicted octanol–water partition coefficient (Wildman–Crippen LogP) is 2.12. The van der Waals surface area contributed by atoms with Crippen LogP contribution in [0.25, 0.3) is 0 Å². The van der Waals surface area contributed by atoms with E-state index in [0.29, 0.717) is 20.3 Å². The normalized spacial score (nSPS) is 9.91. The van der Waals surface area contributed by atoms with Gasteiger partial charge >= 0.3 is 72.8 Å². The summed E-state index contributed by atoms with van der Waals surface area (Å²) in [5.41, 5.74) is 0. The summed E-state index contributed by atoms with van der Waals surface area (Å²) in [6.45, 7) is 2.11. The molecule has 60 valence electrons. The monoisotopic (exact) mass is 216 g/mol. The number of hydrogen-bond donors (Lipinski definition) is 0. The molecular weight excluding hydrogens is 203 g/mol. The second-order valence-corrected chi connectivity index (χ2v) is 4.49. The molecule has 1 aromatic heterocycles. The van der Waals surface area contributed by atoms with Crippen LogP contribution in [0.1, 0.15) is 35.4 Å². The Kier molecular flexibility index (Phi) is 3.61. The van der Waals surface area contributed by atoms with Crippen molar-refractivity contribution in [3.8, 4) is 0 Å². The van der Waals surface area contributed by atoms with Gasteiger partial charge in [-0.3, -0.25) is 0 Å². The SMILES string of the molecule is CCCCC(=O)c1ccc[se]1. The van der Waals surface area contributed by atoms with Gasteiger partial charge in [-0.25, -0.2) is 0 Å². The molecule has 0 aliphatic heterocycles. The van der Waals surface area contributed by atoms with E-state index in [1.54, 1.807) is 0 Å². The first-order valence-electron chi connectivity index (χ1n) is 3.91. The molecule has 0 atom stereocenters. The fourth-order valence-corrected chi connectivity index (χ4v) is 2.35. The first-order valence-corrected chi connectivity index (χ1v) is 5.76. The van der Waals surface area contributed by atoms with E-state index in [9.17, 15) is 4.79 Å². The van der Waals surface area contributed by atoms with Gasteiger partial charge in [0.25, 0.3) is 0 Å². The Morgan fingerprint density at radius 2 is 2.45 bits per heavy atom. The summed E-state index contributed by atoms with van der Waals surface area (Å²) in [4.78, 5) is 13.4. The molecule has 0 radical (unpaired) electrons. The van der Waals surface area contributed by atoms with E-state index < -0.39 is 0 Å². The number of carbonyl (C=O) groups excluding carboxylic acids is 1. The van der Waals surface area contributed by atoms with Crippen LogP contribution in [0.3, 0.4) is 0 Å². The Hall–Kier alpha value is -0.331. The van der Waals surface area contributed by atoms with Crippen LogP contribution in [-0.4, -0.2) is 20.3 Å². The zero-order valence-electron chi connectivity index (χ0n) is 6.67. The molecule has 1 heterocycles. The first kappa shape index (κ1) is 8.76. The van der Waals surface area contributed by atoms with Gasteiger partial charge in [0.2, 0.25) is 0 Å². The molecular formula is C9H12OSe. The molecule has 0 aliphatic carbocycles. The van der Waals surface area contributed by atoms with Gasteiger partial charge in [0, 0.05) is 0 Å². The molecule has 1 nitrogen and oxygen atoms in total. The molecule has 0 unspecified atom stereocenters. The number of rotatable bonds is 4. The average Bonchev–Trinajstić information content (AvgIpc) is 2.52. The Bertz CT molecular complexity index is 213. The van der Waals surface area contributed by atoms with Gasteiger partial charge in [-0.1, -0.05) is 0 Å². The molecule has 11 heavy (non-hydrogen) atoms. The van der Waals surface area contributed by atoms with Gasteiger partial charge in [-0.05, 0) is 0 Å². The zero-order chi connectivity index (χ0) is 8.10. The Morgan fingerprint density at radius 1 is 1.64 bits per heavy atom. The Morgan fingerprint density at radius 3 is 3.00 bits per heavy atom. The first-order chi connectivity index (χ1) is 5.34. The summed E-state index contributed by atoms with van der Waals surface area (Å²) >= 11 is 0.338. The summed E-state index contributed by atoms with van der Waals surface area (Å²) in [6, 6.07) is 3.94. The number of ketones is 1. The van der Waals surface area contributed by atoms with Crippen molar-refractivity contribution >= 4 is 20.3 Å². The summed E-state index contributed by atoms with van der Waals surface area (Å²) < 4.78 is 1.05. The van der Waals surface area contributed by atoms with E-state index in [1.165, 1.54) is 0 Å². The molecule has 0 amide bonds. The topological polar surface area (TPSA) is 17.1 Å². The van der Waals surface area contributed by atoms with Gasteiger partial charge in [-0.2, -0.15) is 0 Å². The molecule has 0 fully saturated rings. The van der Waals surface area contributed by atoms with Crippen LogP contribution >= 0.6 is 0 Å². The zero-order valence-corrected chi connectivity index (χ0v) is 8.38. The van der Waals surface area contributed by atoms with Gasteiger partial charge < -0.3 is 0 Å². The van der Waals surface area contributed by atoms with Crippen LogP contribution in [-0.2, 0) is 0 Å². The minimum absolute atomic E-state index is 0.338. The van der Waals surface area contributed by atoms with Crippen LogP contribution < -0.4 is 0 Å². The quantitative estimate of drug-likeness (QED) is 0.555. The average molecular weight is 215 g/mol. The predicted molar refractivity (Wildman–Crippen MR) is 47.2 cm³/mol.